The van der Waals surface area contributed by atoms with E-state index >= 15 is 0 Å². The van der Waals surface area contributed by atoms with Gasteiger partial charge in [0.25, 0.3) is 0 Å². The minimum Gasteiger partial charge on any atom is -0.352 e. The van der Waals surface area contributed by atoms with E-state index in [4.69, 9.17) is 23.2 Å². The Morgan fingerprint density at radius 3 is 2.35 bits per heavy atom. The summed E-state index contributed by atoms with van der Waals surface area (Å²) < 4.78 is -0.932. The highest BCUT2D eigenvalue weighted by Crippen LogP contribution is 2.53. The Labute approximate surface area is 112 Å². The minimum atomic E-state index is -0.932. The molecule has 1 saturated carbocycles. The van der Waals surface area contributed by atoms with E-state index in [0.29, 0.717) is 13.0 Å². The standard InChI is InChI=1S/C11H18Cl2N2O2/c1-4-15(6-9(16)14-7(2)3)10(17)8-5-11(8,12)13/h7-8H,4-6H2,1-3H3,(H,14,16). The number of rotatable bonds is 5. The van der Waals surface area contributed by atoms with Crippen LogP contribution < -0.4 is 5.32 Å². The molecule has 0 aromatic heterocycles. The number of hydrogen-bond donors (Lipinski definition) is 1. The van der Waals surface area contributed by atoms with E-state index in [9.17, 15) is 9.59 Å². The minimum absolute atomic E-state index is 0.0634. The third-order valence-corrected chi connectivity index (χ3v) is 3.44. The predicted octanol–water partition coefficient (Wildman–Crippen LogP) is 1.55. The summed E-state index contributed by atoms with van der Waals surface area (Å²) in [5, 5.41) is 2.74. The number of carbonyl (C=O) groups is 2. The average molecular weight is 281 g/mol. The molecule has 1 aliphatic rings. The number of nitrogens with zero attached hydrogens (tertiary/aromatic N) is 1. The molecule has 1 N–H and O–H groups in total. The van der Waals surface area contributed by atoms with Crippen LogP contribution in [0, 0.1) is 5.92 Å². The Balaban J connectivity index is 2.49. The molecule has 1 rings (SSSR count). The first-order valence-corrected chi connectivity index (χ1v) is 6.49. The van der Waals surface area contributed by atoms with Gasteiger partial charge in [-0.3, -0.25) is 9.59 Å². The van der Waals surface area contributed by atoms with Crippen molar-refractivity contribution in [3.05, 3.63) is 0 Å². The van der Waals surface area contributed by atoms with Gasteiger partial charge in [0, 0.05) is 12.6 Å². The van der Waals surface area contributed by atoms with Crippen LogP contribution in [-0.2, 0) is 9.59 Å². The molecule has 6 heteroatoms. The van der Waals surface area contributed by atoms with E-state index in [1.54, 1.807) is 0 Å². The zero-order chi connectivity index (χ0) is 13.2. The maximum Gasteiger partial charge on any atom is 0.239 e. The number of amides is 2. The molecule has 1 atom stereocenters. The van der Waals surface area contributed by atoms with Crippen LogP contribution in [0.3, 0.4) is 0 Å². The van der Waals surface area contributed by atoms with Crippen LogP contribution in [0.4, 0.5) is 0 Å². The third-order valence-electron chi connectivity index (χ3n) is 2.60. The van der Waals surface area contributed by atoms with Gasteiger partial charge < -0.3 is 10.2 Å². The molecule has 0 saturated heterocycles. The summed E-state index contributed by atoms with van der Waals surface area (Å²) in [5.41, 5.74) is 0. The highest BCUT2D eigenvalue weighted by atomic mass is 35.5. The monoisotopic (exact) mass is 280 g/mol. The summed E-state index contributed by atoms with van der Waals surface area (Å²) in [5.74, 6) is -0.667. The molecule has 1 unspecified atom stereocenters. The first kappa shape index (κ1) is 14.6. The molecule has 1 aliphatic carbocycles. The molecule has 1 fully saturated rings. The van der Waals surface area contributed by atoms with Crippen LogP contribution in [0.25, 0.3) is 0 Å². The first-order chi connectivity index (χ1) is 7.77. The van der Waals surface area contributed by atoms with Gasteiger partial charge in [0.1, 0.15) is 4.33 Å². The summed E-state index contributed by atoms with van der Waals surface area (Å²) in [4.78, 5) is 25.0. The van der Waals surface area contributed by atoms with Gasteiger partial charge in [-0.2, -0.15) is 0 Å². The van der Waals surface area contributed by atoms with E-state index in [1.807, 2.05) is 20.8 Å². The lowest BCUT2D eigenvalue weighted by molar-refractivity contribution is -0.137. The van der Waals surface area contributed by atoms with Crippen LogP contribution in [0.1, 0.15) is 27.2 Å². The van der Waals surface area contributed by atoms with E-state index in [0.717, 1.165) is 0 Å². The van der Waals surface area contributed by atoms with Crippen molar-refractivity contribution in [1.82, 2.24) is 10.2 Å². The highest BCUT2D eigenvalue weighted by Gasteiger charge is 2.57. The topological polar surface area (TPSA) is 49.4 Å². The molecule has 0 spiro atoms. The van der Waals surface area contributed by atoms with E-state index < -0.39 is 4.33 Å². The van der Waals surface area contributed by atoms with E-state index in [1.165, 1.54) is 4.90 Å². The number of likely N-dealkylation sites (N-methyl/N-ethyl adjacent to an activating group) is 1. The molecule has 0 aromatic carbocycles. The fourth-order valence-corrected chi connectivity index (χ4v) is 2.08. The van der Waals surface area contributed by atoms with Crippen LogP contribution in [0.5, 0.6) is 0 Å². The number of carbonyl (C=O) groups excluding carboxylic acids is 2. The zero-order valence-corrected chi connectivity index (χ0v) is 11.8. The molecule has 0 bridgehead atoms. The van der Waals surface area contributed by atoms with Crippen molar-refractivity contribution >= 4 is 35.0 Å². The molecule has 0 radical (unpaired) electrons. The fourth-order valence-electron chi connectivity index (χ4n) is 1.59. The summed E-state index contributed by atoms with van der Waals surface area (Å²) in [6, 6.07) is 0.0670. The Kier molecular flexibility index (Phi) is 4.67. The molecule has 0 heterocycles. The Morgan fingerprint density at radius 2 is 2.00 bits per heavy atom. The zero-order valence-electron chi connectivity index (χ0n) is 10.3. The Hall–Kier alpha value is -0.480. The van der Waals surface area contributed by atoms with Gasteiger partial charge in [0.05, 0.1) is 12.5 Å². The van der Waals surface area contributed by atoms with Gasteiger partial charge >= 0.3 is 0 Å². The number of alkyl halides is 2. The molecular formula is C11H18Cl2N2O2. The van der Waals surface area contributed by atoms with Crippen LogP contribution in [0.15, 0.2) is 0 Å². The quantitative estimate of drug-likeness (QED) is 0.777. The SMILES string of the molecule is CCN(CC(=O)NC(C)C)C(=O)C1CC1(Cl)Cl. The highest BCUT2D eigenvalue weighted by molar-refractivity contribution is 6.52. The lowest BCUT2D eigenvalue weighted by Gasteiger charge is -2.21. The molecule has 0 aliphatic heterocycles. The van der Waals surface area contributed by atoms with E-state index in [-0.39, 0.29) is 30.3 Å². The van der Waals surface area contributed by atoms with Crippen molar-refractivity contribution in [3.8, 4) is 0 Å². The molecule has 98 valence electrons. The van der Waals surface area contributed by atoms with Gasteiger partial charge in [-0.05, 0) is 27.2 Å². The third kappa shape index (κ3) is 4.03. The molecule has 0 aromatic rings. The van der Waals surface area contributed by atoms with Gasteiger partial charge in [0.15, 0.2) is 0 Å². The van der Waals surface area contributed by atoms with Gasteiger partial charge in [0.2, 0.25) is 11.8 Å². The number of halogens is 2. The Bertz CT molecular complexity index is 319. The van der Waals surface area contributed by atoms with Gasteiger partial charge in [-0.15, -0.1) is 23.2 Å². The lowest BCUT2D eigenvalue weighted by Crippen LogP contribution is -2.43. The molecule has 4 nitrogen and oxygen atoms in total. The predicted molar refractivity (Wildman–Crippen MR) is 68.1 cm³/mol. The lowest BCUT2D eigenvalue weighted by atomic mass is 10.3. The second-order valence-electron chi connectivity index (χ2n) is 4.59. The normalized spacial score (nSPS) is 21.2. The van der Waals surface area contributed by atoms with Crippen molar-refractivity contribution in [2.75, 3.05) is 13.1 Å². The summed E-state index contributed by atoms with van der Waals surface area (Å²) in [7, 11) is 0. The van der Waals surface area contributed by atoms with Gasteiger partial charge in [-0.25, -0.2) is 0 Å². The maximum atomic E-state index is 12.0. The largest absolute Gasteiger partial charge is 0.352 e. The molecule has 17 heavy (non-hydrogen) atoms. The van der Waals surface area contributed by atoms with E-state index in [2.05, 4.69) is 5.32 Å². The molecular weight excluding hydrogens is 263 g/mol. The average Bonchev–Trinajstić information content (AvgIpc) is 2.82. The smallest absolute Gasteiger partial charge is 0.239 e. The summed E-state index contributed by atoms with van der Waals surface area (Å²) in [6.07, 6.45) is 0.469. The summed E-state index contributed by atoms with van der Waals surface area (Å²) >= 11 is 11.7. The van der Waals surface area contributed by atoms with Crippen LogP contribution in [0.2, 0.25) is 0 Å². The first-order valence-electron chi connectivity index (χ1n) is 5.74. The van der Waals surface area contributed by atoms with Crippen LogP contribution >= 0.6 is 23.2 Å². The van der Waals surface area contributed by atoms with Crippen LogP contribution in [-0.4, -0.2) is 40.2 Å². The van der Waals surface area contributed by atoms with Gasteiger partial charge in [-0.1, -0.05) is 0 Å². The number of nitrogens with one attached hydrogen (secondary N) is 1. The summed E-state index contributed by atoms with van der Waals surface area (Å²) in [6.45, 7) is 6.12. The second-order valence-corrected chi connectivity index (χ2v) is 6.13. The van der Waals surface area contributed by atoms with Crippen molar-refractivity contribution in [1.29, 1.82) is 0 Å². The van der Waals surface area contributed by atoms with Crippen molar-refractivity contribution in [2.45, 2.75) is 37.6 Å². The van der Waals surface area contributed by atoms with Crippen molar-refractivity contribution in [2.24, 2.45) is 5.92 Å². The van der Waals surface area contributed by atoms with Crippen molar-refractivity contribution < 1.29 is 9.59 Å². The maximum absolute atomic E-state index is 12.0. The second kappa shape index (κ2) is 5.44. The fraction of sp³-hybridized carbons (Fsp3) is 0.818. The van der Waals surface area contributed by atoms with Crippen molar-refractivity contribution in [3.63, 3.8) is 0 Å². The Morgan fingerprint density at radius 1 is 1.47 bits per heavy atom. The molecule has 2 amide bonds. The number of hydrogen-bond acceptors (Lipinski definition) is 2.